The SMILES string of the molecule is Cc1cc(NC(=O)N(C)CCC(=O)O)nn1-c1ccccc1Cl. The zero-order valence-electron chi connectivity index (χ0n) is 12.8. The number of rotatable bonds is 5. The van der Waals surface area contributed by atoms with Gasteiger partial charge in [-0.05, 0) is 19.1 Å². The number of carboxylic acids is 1. The smallest absolute Gasteiger partial charge is 0.322 e. The van der Waals surface area contributed by atoms with E-state index >= 15 is 0 Å². The molecule has 0 atom stereocenters. The number of hydrogen-bond donors (Lipinski definition) is 2. The monoisotopic (exact) mass is 336 g/mol. The van der Waals surface area contributed by atoms with Crippen LogP contribution in [0, 0.1) is 6.92 Å². The Bertz CT molecular complexity index is 729. The van der Waals surface area contributed by atoms with Crippen LogP contribution in [-0.2, 0) is 4.79 Å². The Labute approximate surface area is 138 Å². The summed E-state index contributed by atoms with van der Waals surface area (Å²) in [5, 5.41) is 16.1. The molecule has 1 aromatic carbocycles. The summed E-state index contributed by atoms with van der Waals surface area (Å²) >= 11 is 6.16. The number of carbonyl (C=O) groups is 2. The highest BCUT2D eigenvalue weighted by Gasteiger charge is 2.14. The molecule has 0 aliphatic carbocycles. The number of carbonyl (C=O) groups excluding carboxylic acids is 1. The first-order chi connectivity index (χ1) is 10.9. The van der Waals surface area contributed by atoms with Gasteiger partial charge in [0.2, 0.25) is 0 Å². The molecule has 2 rings (SSSR count). The average molecular weight is 337 g/mol. The van der Waals surface area contributed by atoms with Gasteiger partial charge in [0.15, 0.2) is 5.82 Å². The van der Waals surface area contributed by atoms with E-state index in [1.807, 2.05) is 25.1 Å². The number of aliphatic carboxylic acids is 1. The molecule has 0 spiro atoms. The maximum atomic E-state index is 12.0. The van der Waals surface area contributed by atoms with Crippen LogP contribution >= 0.6 is 11.6 Å². The Morgan fingerprint density at radius 2 is 2.09 bits per heavy atom. The van der Waals surface area contributed by atoms with Crippen molar-refractivity contribution in [1.82, 2.24) is 14.7 Å². The van der Waals surface area contributed by atoms with E-state index in [4.69, 9.17) is 16.7 Å². The predicted molar refractivity (Wildman–Crippen MR) is 87.2 cm³/mol. The fraction of sp³-hybridized carbons (Fsp3) is 0.267. The first-order valence-corrected chi connectivity index (χ1v) is 7.31. The number of aromatic nitrogens is 2. The highest BCUT2D eigenvalue weighted by Crippen LogP contribution is 2.22. The molecule has 2 N–H and O–H groups in total. The van der Waals surface area contributed by atoms with Crippen molar-refractivity contribution in [3.63, 3.8) is 0 Å². The molecular formula is C15H17ClN4O3. The molecule has 0 fully saturated rings. The lowest BCUT2D eigenvalue weighted by molar-refractivity contribution is -0.137. The molecule has 23 heavy (non-hydrogen) atoms. The van der Waals surface area contributed by atoms with E-state index in [9.17, 15) is 9.59 Å². The van der Waals surface area contributed by atoms with Gasteiger partial charge in [-0.1, -0.05) is 23.7 Å². The molecule has 0 saturated heterocycles. The number of nitrogens with one attached hydrogen (secondary N) is 1. The van der Waals surface area contributed by atoms with Crippen LogP contribution in [0.1, 0.15) is 12.1 Å². The van der Waals surface area contributed by atoms with Crippen molar-refractivity contribution in [1.29, 1.82) is 0 Å². The van der Waals surface area contributed by atoms with Gasteiger partial charge in [0.05, 0.1) is 17.1 Å². The zero-order chi connectivity index (χ0) is 17.0. The van der Waals surface area contributed by atoms with Crippen LogP contribution < -0.4 is 5.32 Å². The van der Waals surface area contributed by atoms with Crippen LogP contribution in [0.2, 0.25) is 5.02 Å². The molecule has 2 aromatic rings. The number of benzene rings is 1. The van der Waals surface area contributed by atoms with Gasteiger partial charge >= 0.3 is 12.0 Å². The van der Waals surface area contributed by atoms with Crippen LogP contribution in [0.25, 0.3) is 5.69 Å². The van der Waals surface area contributed by atoms with E-state index in [-0.39, 0.29) is 13.0 Å². The molecule has 7 nitrogen and oxygen atoms in total. The molecule has 0 unspecified atom stereocenters. The molecular weight excluding hydrogens is 320 g/mol. The third-order valence-corrected chi connectivity index (χ3v) is 3.53. The Balaban J connectivity index is 2.11. The molecule has 8 heteroatoms. The number of hydrogen-bond acceptors (Lipinski definition) is 3. The van der Waals surface area contributed by atoms with Crippen LogP contribution in [0.4, 0.5) is 10.6 Å². The molecule has 122 valence electrons. The van der Waals surface area contributed by atoms with E-state index in [0.29, 0.717) is 16.5 Å². The fourth-order valence-corrected chi connectivity index (χ4v) is 2.19. The van der Waals surface area contributed by atoms with Gasteiger partial charge < -0.3 is 10.0 Å². The largest absolute Gasteiger partial charge is 0.481 e. The van der Waals surface area contributed by atoms with Gasteiger partial charge in [-0.3, -0.25) is 10.1 Å². The normalized spacial score (nSPS) is 10.4. The van der Waals surface area contributed by atoms with Gasteiger partial charge in [-0.2, -0.15) is 0 Å². The topological polar surface area (TPSA) is 87.5 Å². The number of aryl methyl sites for hydroxylation is 1. The minimum absolute atomic E-state index is 0.114. The quantitative estimate of drug-likeness (QED) is 0.878. The van der Waals surface area contributed by atoms with E-state index in [1.165, 1.54) is 11.9 Å². The van der Waals surface area contributed by atoms with Gasteiger partial charge in [0, 0.05) is 25.4 Å². The second-order valence-corrected chi connectivity index (χ2v) is 5.44. The molecule has 0 aliphatic heterocycles. The summed E-state index contributed by atoms with van der Waals surface area (Å²) in [6.45, 7) is 1.96. The lowest BCUT2D eigenvalue weighted by Crippen LogP contribution is -2.33. The third kappa shape index (κ3) is 4.23. The van der Waals surface area contributed by atoms with E-state index < -0.39 is 12.0 Å². The summed E-state index contributed by atoms with van der Waals surface area (Å²) in [6.07, 6.45) is -0.114. The summed E-state index contributed by atoms with van der Waals surface area (Å²) in [6, 6.07) is 8.55. The van der Waals surface area contributed by atoms with Crippen molar-refractivity contribution in [2.75, 3.05) is 18.9 Å². The van der Waals surface area contributed by atoms with Crippen molar-refractivity contribution in [2.24, 2.45) is 0 Å². The summed E-state index contributed by atoms with van der Waals surface area (Å²) < 4.78 is 1.63. The number of nitrogens with zero attached hydrogens (tertiary/aromatic N) is 3. The summed E-state index contributed by atoms with van der Waals surface area (Å²) in [5.41, 5.74) is 1.52. The average Bonchev–Trinajstić information content (AvgIpc) is 2.85. The second-order valence-electron chi connectivity index (χ2n) is 5.03. The van der Waals surface area contributed by atoms with Crippen LogP contribution in [0.15, 0.2) is 30.3 Å². The van der Waals surface area contributed by atoms with Crippen molar-refractivity contribution >= 4 is 29.4 Å². The van der Waals surface area contributed by atoms with Gasteiger partial charge in [-0.25, -0.2) is 9.48 Å². The first-order valence-electron chi connectivity index (χ1n) is 6.94. The van der Waals surface area contributed by atoms with Crippen molar-refractivity contribution in [3.05, 3.63) is 41.0 Å². The Morgan fingerprint density at radius 1 is 1.39 bits per heavy atom. The minimum atomic E-state index is -0.955. The Morgan fingerprint density at radius 3 is 2.74 bits per heavy atom. The Hall–Kier alpha value is -2.54. The minimum Gasteiger partial charge on any atom is -0.481 e. The molecule has 0 saturated carbocycles. The molecule has 2 amide bonds. The Kier molecular flexibility index (Phi) is 5.23. The maximum Gasteiger partial charge on any atom is 0.322 e. The number of halogens is 1. The first kappa shape index (κ1) is 16.8. The van der Waals surface area contributed by atoms with Crippen LogP contribution in [-0.4, -0.2) is 45.4 Å². The van der Waals surface area contributed by atoms with E-state index in [2.05, 4.69) is 10.4 Å². The van der Waals surface area contributed by atoms with E-state index in [0.717, 1.165) is 5.69 Å². The zero-order valence-corrected chi connectivity index (χ0v) is 13.5. The van der Waals surface area contributed by atoms with E-state index in [1.54, 1.807) is 16.8 Å². The fourth-order valence-electron chi connectivity index (χ4n) is 1.97. The van der Waals surface area contributed by atoms with Crippen molar-refractivity contribution < 1.29 is 14.7 Å². The van der Waals surface area contributed by atoms with Crippen molar-refractivity contribution in [2.45, 2.75) is 13.3 Å². The third-order valence-electron chi connectivity index (χ3n) is 3.21. The predicted octanol–water partition coefficient (Wildman–Crippen LogP) is 2.77. The lowest BCUT2D eigenvalue weighted by Gasteiger charge is -2.15. The van der Waals surface area contributed by atoms with Gasteiger partial charge in [-0.15, -0.1) is 5.10 Å². The molecule has 0 bridgehead atoms. The standard InChI is InChI=1S/C15H17ClN4O3/c1-10-9-13(17-15(23)19(2)8-7-14(21)22)18-20(10)12-6-4-3-5-11(12)16/h3-6,9H,7-8H2,1-2H3,(H,21,22)(H,17,18,23). The molecule has 0 aliphatic rings. The molecule has 0 radical (unpaired) electrons. The molecule has 1 aromatic heterocycles. The van der Waals surface area contributed by atoms with Crippen molar-refractivity contribution in [3.8, 4) is 5.69 Å². The highest BCUT2D eigenvalue weighted by molar-refractivity contribution is 6.32. The number of anilines is 1. The summed E-state index contributed by atoms with van der Waals surface area (Å²) in [4.78, 5) is 23.8. The summed E-state index contributed by atoms with van der Waals surface area (Å²) in [7, 11) is 1.52. The number of amides is 2. The number of urea groups is 1. The highest BCUT2D eigenvalue weighted by atomic mass is 35.5. The van der Waals surface area contributed by atoms with Gasteiger partial charge in [0.1, 0.15) is 0 Å². The second kappa shape index (κ2) is 7.15. The van der Waals surface area contributed by atoms with Crippen LogP contribution in [0.5, 0.6) is 0 Å². The lowest BCUT2D eigenvalue weighted by atomic mass is 10.3. The van der Waals surface area contributed by atoms with Gasteiger partial charge in [0.25, 0.3) is 0 Å². The molecule has 1 heterocycles. The number of carboxylic acid groups (broad SMARTS) is 1. The number of para-hydroxylation sites is 1. The maximum absolute atomic E-state index is 12.0. The summed E-state index contributed by atoms with van der Waals surface area (Å²) in [5.74, 6) is -0.585. The van der Waals surface area contributed by atoms with Crippen LogP contribution in [0.3, 0.4) is 0 Å².